The fourth-order valence-corrected chi connectivity index (χ4v) is 2.81. The number of hydrogen-bond acceptors (Lipinski definition) is 2. The van der Waals surface area contributed by atoms with Crippen LogP contribution < -0.4 is 0 Å². The van der Waals surface area contributed by atoms with Crippen molar-refractivity contribution in [2.45, 2.75) is 38.5 Å². The van der Waals surface area contributed by atoms with Gasteiger partial charge in [0, 0.05) is 13.1 Å². The van der Waals surface area contributed by atoms with Gasteiger partial charge in [0.05, 0.1) is 5.41 Å². The summed E-state index contributed by atoms with van der Waals surface area (Å²) in [5.74, 6) is 0.223. The van der Waals surface area contributed by atoms with Crippen molar-refractivity contribution in [2.24, 2.45) is 11.3 Å². The molecule has 2 saturated carbocycles. The molecule has 2 aliphatic rings. The van der Waals surface area contributed by atoms with Gasteiger partial charge in [-0.15, -0.1) is 0 Å². The van der Waals surface area contributed by atoms with Crippen LogP contribution >= 0.6 is 0 Å². The smallest absolute Gasteiger partial charge is 0.310 e. The molecule has 3 nitrogen and oxygen atoms in total. The van der Waals surface area contributed by atoms with Crippen LogP contribution in [-0.4, -0.2) is 36.1 Å². The van der Waals surface area contributed by atoms with Crippen molar-refractivity contribution in [3.05, 3.63) is 0 Å². The van der Waals surface area contributed by atoms with Crippen molar-refractivity contribution in [1.29, 1.82) is 0 Å². The van der Waals surface area contributed by atoms with Crippen molar-refractivity contribution >= 4 is 5.97 Å². The van der Waals surface area contributed by atoms with E-state index < -0.39 is 5.97 Å². The molecule has 0 aliphatic heterocycles. The fraction of sp³-hybridized carbons (Fsp3) is 0.917. The predicted molar refractivity (Wildman–Crippen MR) is 58.8 cm³/mol. The average molecular weight is 211 g/mol. The van der Waals surface area contributed by atoms with Gasteiger partial charge in [0.25, 0.3) is 0 Å². The van der Waals surface area contributed by atoms with Crippen molar-refractivity contribution in [1.82, 2.24) is 4.90 Å². The first-order valence-corrected chi connectivity index (χ1v) is 6.04. The van der Waals surface area contributed by atoms with Crippen LogP contribution in [0.5, 0.6) is 0 Å². The Morgan fingerprint density at radius 1 is 1.40 bits per heavy atom. The monoisotopic (exact) mass is 211 g/mol. The van der Waals surface area contributed by atoms with Crippen molar-refractivity contribution < 1.29 is 9.90 Å². The first kappa shape index (κ1) is 10.9. The van der Waals surface area contributed by atoms with Gasteiger partial charge >= 0.3 is 5.97 Å². The highest BCUT2D eigenvalue weighted by molar-refractivity contribution is 5.78. The van der Waals surface area contributed by atoms with Gasteiger partial charge in [-0.25, -0.2) is 0 Å². The van der Waals surface area contributed by atoms with E-state index in [0.717, 1.165) is 31.8 Å². The summed E-state index contributed by atoms with van der Waals surface area (Å²) >= 11 is 0. The minimum absolute atomic E-state index is 0.382. The Kier molecular flexibility index (Phi) is 3.01. The molecular formula is C12H21NO2. The second-order valence-corrected chi connectivity index (χ2v) is 5.43. The number of carbonyl (C=O) groups is 1. The van der Waals surface area contributed by atoms with Crippen LogP contribution in [0, 0.1) is 11.3 Å². The highest BCUT2D eigenvalue weighted by Crippen LogP contribution is 2.46. The molecule has 0 aromatic heterocycles. The topological polar surface area (TPSA) is 40.5 Å². The van der Waals surface area contributed by atoms with Gasteiger partial charge < -0.3 is 10.0 Å². The molecule has 0 amide bonds. The van der Waals surface area contributed by atoms with E-state index in [1.807, 2.05) is 0 Å². The Morgan fingerprint density at radius 3 is 2.47 bits per heavy atom. The van der Waals surface area contributed by atoms with Crippen LogP contribution in [0.3, 0.4) is 0 Å². The second kappa shape index (κ2) is 4.12. The summed E-state index contributed by atoms with van der Waals surface area (Å²) in [5.41, 5.74) is -0.382. The minimum Gasteiger partial charge on any atom is -0.481 e. The predicted octanol–water partition coefficient (Wildman–Crippen LogP) is 1.97. The number of hydrogen-bond donors (Lipinski definition) is 1. The van der Waals surface area contributed by atoms with Gasteiger partial charge in [-0.3, -0.25) is 4.79 Å². The van der Waals surface area contributed by atoms with Gasteiger partial charge in [0.15, 0.2) is 0 Å². The van der Waals surface area contributed by atoms with Crippen LogP contribution in [0.25, 0.3) is 0 Å². The van der Waals surface area contributed by atoms with Crippen LogP contribution in [0.2, 0.25) is 0 Å². The molecular weight excluding hydrogens is 190 g/mol. The molecule has 0 aromatic rings. The molecule has 15 heavy (non-hydrogen) atoms. The Labute approximate surface area is 91.5 Å². The first-order chi connectivity index (χ1) is 7.12. The molecule has 2 rings (SSSR count). The van der Waals surface area contributed by atoms with Gasteiger partial charge in [-0.2, -0.15) is 0 Å². The lowest BCUT2D eigenvalue weighted by Gasteiger charge is -2.23. The van der Waals surface area contributed by atoms with Crippen LogP contribution in [-0.2, 0) is 4.79 Å². The number of rotatable bonds is 5. The average Bonchev–Trinajstić information content (AvgIpc) is 2.75. The molecule has 2 fully saturated rings. The zero-order valence-electron chi connectivity index (χ0n) is 9.54. The van der Waals surface area contributed by atoms with Gasteiger partial charge in [-0.05, 0) is 38.6 Å². The molecule has 0 heterocycles. The molecule has 1 N–H and O–H groups in total. The normalized spacial score (nSPS) is 24.7. The lowest BCUT2D eigenvalue weighted by atomic mass is 10.0. The van der Waals surface area contributed by atoms with Crippen LogP contribution in [0.4, 0.5) is 0 Å². The van der Waals surface area contributed by atoms with E-state index in [1.54, 1.807) is 0 Å². The van der Waals surface area contributed by atoms with Gasteiger partial charge in [0.1, 0.15) is 0 Å². The zero-order valence-corrected chi connectivity index (χ0v) is 9.54. The SMILES string of the molecule is CN(CC1CCCC1)CC1(C(=O)O)CC1. The molecule has 0 atom stereocenters. The molecule has 0 unspecified atom stereocenters. The van der Waals surface area contributed by atoms with E-state index in [-0.39, 0.29) is 5.41 Å². The number of aliphatic carboxylic acids is 1. The zero-order chi connectivity index (χ0) is 10.9. The van der Waals surface area contributed by atoms with Gasteiger partial charge in [0.2, 0.25) is 0 Å². The summed E-state index contributed by atoms with van der Waals surface area (Å²) < 4.78 is 0. The third-order valence-electron chi connectivity index (χ3n) is 3.92. The summed E-state index contributed by atoms with van der Waals surface area (Å²) in [6, 6.07) is 0. The van der Waals surface area contributed by atoms with E-state index in [9.17, 15) is 4.79 Å². The molecule has 3 heteroatoms. The summed E-state index contributed by atoms with van der Waals surface area (Å²) in [6.07, 6.45) is 7.15. The minimum atomic E-state index is -0.597. The maximum Gasteiger partial charge on any atom is 0.310 e. The van der Waals surface area contributed by atoms with Crippen molar-refractivity contribution in [3.8, 4) is 0 Å². The van der Waals surface area contributed by atoms with E-state index in [2.05, 4.69) is 11.9 Å². The van der Waals surface area contributed by atoms with Crippen molar-refractivity contribution in [2.75, 3.05) is 20.1 Å². The number of carboxylic acids is 1. The lowest BCUT2D eigenvalue weighted by Crippen LogP contribution is -2.34. The quantitative estimate of drug-likeness (QED) is 0.756. The highest BCUT2D eigenvalue weighted by Gasteiger charge is 2.50. The lowest BCUT2D eigenvalue weighted by molar-refractivity contribution is -0.144. The van der Waals surface area contributed by atoms with E-state index in [1.165, 1.54) is 25.7 Å². The number of nitrogens with zero attached hydrogens (tertiary/aromatic N) is 1. The molecule has 0 saturated heterocycles. The molecule has 0 radical (unpaired) electrons. The maximum atomic E-state index is 11.0. The van der Waals surface area contributed by atoms with Gasteiger partial charge in [-0.1, -0.05) is 12.8 Å². The molecule has 86 valence electrons. The van der Waals surface area contributed by atoms with Crippen LogP contribution in [0.1, 0.15) is 38.5 Å². The summed E-state index contributed by atoms with van der Waals surface area (Å²) in [4.78, 5) is 13.3. The largest absolute Gasteiger partial charge is 0.481 e. The maximum absolute atomic E-state index is 11.0. The van der Waals surface area contributed by atoms with Crippen LogP contribution in [0.15, 0.2) is 0 Å². The molecule has 0 aromatic carbocycles. The second-order valence-electron chi connectivity index (χ2n) is 5.43. The third kappa shape index (κ3) is 2.51. The summed E-state index contributed by atoms with van der Waals surface area (Å²) in [7, 11) is 2.07. The van der Waals surface area contributed by atoms with E-state index in [4.69, 9.17) is 5.11 Å². The Bertz CT molecular complexity index is 242. The van der Waals surface area contributed by atoms with Crippen molar-refractivity contribution in [3.63, 3.8) is 0 Å². The number of carboxylic acid groups (broad SMARTS) is 1. The first-order valence-electron chi connectivity index (χ1n) is 6.04. The molecule has 0 spiro atoms. The fourth-order valence-electron chi connectivity index (χ4n) is 2.81. The highest BCUT2D eigenvalue weighted by atomic mass is 16.4. The Balaban J connectivity index is 1.76. The summed E-state index contributed by atoms with van der Waals surface area (Å²) in [5, 5.41) is 9.09. The molecule has 0 bridgehead atoms. The summed E-state index contributed by atoms with van der Waals surface area (Å²) in [6.45, 7) is 1.84. The Morgan fingerprint density at radius 2 is 2.00 bits per heavy atom. The standard InChI is InChI=1S/C12H21NO2/c1-13(8-10-4-2-3-5-10)9-12(6-7-12)11(14)15/h10H,2-9H2,1H3,(H,14,15). The molecule has 2 aliphatic carbocycles. The Hall–Kier alpha value is -0.570. The van der Waals surface area contributed by atoms with E-state index in [0.29, 0.717) is 0 Å². The third-order valence-corrected chi connectivity index (χ3v) is 3.92. The van der Waals surface area contributed by atoms with E-state index >= 15 is 0 Å².